The molecule has 0 saturated carbocycles. The van der Waals surface area contributed by atoms with Crippen molar-refractivity contribution < 1.29 is 4.79 Å². The van der Waals surface area contributed by atoms with Crippen molar-refractivity contribution in [3.05, 3.63) is 0 Å². The molecule has 0 radical (unpaired) electrons. The quantitative estimate of drug-likeness (QED) is 0.732. The van der Waals surface area contributed by atoms with Gasteiger partial charge in [-0.05, 0) is 31.6 Å². The summed E-state index contributed by atoms with van der Waals surface area (Å²) in [5.74, 6) is 0.957. The third-order valence-electron chi connectivity index (χ3n) is 4.71. The molecular formula is C16H30N2OS. The minimum Gasteiger partial charge on any atom is -0.392 e. The monoisotopic (exact) mass is 298 g/mol. The zero-order valence-corrected chi connectivity index (χ0v) is 14.1. The van der Waals surface area contributed by atoms with Crippen LogP contribution in [0, 0.1) is 11.3 Å². The van der Waals surface area contributed by atoms with Crippen LogP contribution in [0.5, 0.6) is 0 Å². The lowest BCUT2D eigenvalue weighted by Gasteiger charge is -2.39. The third-order valence-corrected chi connectivity index (χ3v) is 5.10. The first kappa shape index (κ1) is 17.4. The SMILES string of the molecule is CCCC(CCC)(C(=O)N1CCC(CC)CC1)C(N)=S. The van der Waals surface area contributed by atoms with Crippen LogP contribution in [0.4, 0.5) is 0 Å². The van der Waals surface area contributed by atoms with Crippen molar-refractivity contribution in [2.24, 2.45) is 17.1 Å². The molecule has 0 aromatic rings. The molecule has 0 aliphatic carbocycles. The van der Waals surface area contributed by atoms with E-state index in [9.17, 15) is 4.79 Å². The molecule has 0 atom stereocenters. The molecule has 1 rings (SSSR count). The first-order chi connectivity index (χ1) is 9.51. The van der Waals surface area contributed by atoms with Crippen LogP contribution in [-0.4, -0.2) is 28.9 Å². The van der Waals surface area contributed by atoms with Gasteiger partial charge < -0.3 is 10.6 Å². The number of carbonyl (C=O) groups excluding carboxylic acids is 1. The first-order valence-electron chi connectivity index (χ1n) is 8.11. The predicted octanol–water partition coefficient (Wildman–Crippen LogP) is 3.51. The van der Waals surface area contributed by atoms with E-state index in [1.807, 2.05) is 4.90 Å². The van der Waals surface area contributed by atoms with E-state index in [1.54, 1.807) is 0 Å². The smallest absolute Gasteiger partial charge is 0.235 e. The second-order valence-corrected chi connectivity index (χ2v) is 6.53. The summed E-state index contributed by atoms with van der Waals surface area (Å²) in [6.07, 6.45) is 6.89. The number of hydrogen-bond donors (Lipinski definition) is 1. The molecule has 3 nitrogen and oxygen atoms in total. The second-order valence-electron chi connectivity index (χ2n) is 6.09. The Morgan fingerprint density at radius 3 is 2.05 bits per heavy atom. The van der Waals surface area contributed by atoms with Gasteiger partial charge in [0, 0.05) is 13.1 Å². The van der Waals surface area contributed by atoms with Crippen LogP contribution in [0.1, 0.15) is 65.7 Å². The summed E-state index contributed by atoms with van der Waals surface area (Å²) in [4.78, 5) is 15.4. The average Bonchev–Trinajstić information content (AvgIpc) is 2.46. The summed E-state index contributed by atoms with van der Waals surface area (Å²) in [6, 6.07) is 0. The number of rotatable bonds is 7. The zero-order valence-electron chi connectivity index (χ0n) is 13.3. The van der Waals surface area contributed by atoms with Crippen LogP contribution in [0.15, 0.2) is 0 Å². The molecule has 1 amide bonds. The van der Waals surface area contributed by atoms with E-state index in [0.717, 1.165) is 57.5 Å². The summed E-state index contributed by atoms with van der Waals surface area (Å²) >= 11 is 5.28. The normalized spacial score (nSPS) is 17.2. The van der Waals surface area contributed by atoms with Crippen molar-refractivity contribution in [3.8, 4) is 0 Å². The molecule has 2 N–H and O–H groups in total. The van der Waals surface area contributed by atoms with E-state index in [0.29, 0.717) is 4.99 Å². The Hall–Kier alpha value is -0.640. The number of nitrogens with two attached hydrogens (primary N) is 1. The Kier molecular flexibility index (Phi) is 6.93. The molecule has 1 heterocycles. The Bertz CT molecular complexity index is 329. The lowest BCUT2D eigenvalue weighted by Crippen LogP contribution is -2.52. The van der Waals surface area contributed by atoms with Gasteiger partial charge in [0.15, 0.2) is 0 Å². The summed E-state index contributed by atoms with van der Waals surface area (Å²) in [7, 11) is 0. The van der Waals surface area contributed by atoms with Gasteiger partial charge in [0.05, 0.1) is 10.4 Å². The molecule has 1 aliphatic rings. The number of nitrogens with zero attached hydrogens (tertiary/aromatic N) is 1. The number of thiocarbonyl (C=S) groups is 1. The molecule has 1 saturated heterocycles. The van der Waals surface area contributed by atoms with Crippen molar-refractivity contribution in [3.63, 3.8) is 0 Å². The van der Waals surface area contributed by atoms with Gasteiger partial charge >= 0.3 is 0 Å². The fraction of sp³-hybridized carbons (Fsp3) is 0.875. The average molecular weight is 298 g/mol. The van der Waals surface area contributed by atoms with Gasteiger partial charge in [-0.15, -0.1) is 0 Å². The minimum absolute atomic E-state index is 0.184. The van der Waals surface area contributed by atoms with E-state index >= 15 is 0 Å². The summed E-state index contributed by atoms with van der Waals surface area (Å²) < 4.78 is 0. The highest BCUT2D eigenvalue weighted by molar-refractivity contribution is 7.80. The topological polar surface area (TPSA) is 46.3 Å². The predicted molar refractivity (Wildman–Crippen MR) is 88.6 cm³/mol. The van der Waals surface area contributed by atoms with Gasteiger partial charge in [0.2, 0.25) is 5.91 Å². The Labute approximate surface area is 129 Å². The van der Waals surface area contributed by atoms with Crippen molar-refractivity contribution in [1.29, 1.82) is 0 Å². The molecule has 0 unspecified atom stereocenters. The molecule has 0 aromatic heterocycles. The van der Waals surface area contributed by atoms with Gasteiger partial charge in [-0.2, -0.15) is 0 Å². The summed E-state index contributed by atoms with van der Waals surface area (Å²) in [5, 5.41) is 0. The fourth-order valence-corrected chi connectivity index (χ4v) is 3.68. The molecule has 1 fully saturated rings. The van der Waals surface area contributed by atoms with E-state index < -0.39 is 5.41 Å². The van der Waals surface area contributed by atoms with Crippen LogP contribution in [0.3, 0.4) is 0 Å². The van der Waals surface area contributed by atoms with Gasteiger partial charge in [-0.3, -0.25) is 4.79 Å². The van der Waals surface area contributed by atoms with Crippen LogP contribution in [-0.2, 0) is 4.79 Å². The van der Waals surface area contributed by atoms with Crippen molar-refractivity contribution >= 4 is 23.1 Å². The van der Waals surface area contributed by atoms with Gasteiger partial charge in [0.25, 0.3) is 0 Å². The fourth-order valence-electron chi connectivity index (χ4n) is 3.39. The van der Waals surface area contributed by atoms with Crippen LogP contribution < -0.4 is 5.73 Å². The van der Waals surface area contributed by atoms with E-state index in [1.165, 1.54) is 6.42 Å². The highest BCUT2D eigenvalue weighted by Gasteiger charge is 2.43. The minimum atomic E-state index is -0.599. The maximum atomic E-state index is 13.0. The lowest BCUT2D eigenvalue weighted by molar-refractivity contribution is -0.140. The molecule has 1 aliphatic heterocycles. The third kappa shape index (κ3) is 3.72. The molecule has 0 bridgehead atoms. The summed E-state index contributed by atoms with van der Waals surface area (Å²) in [6.45, 7) is 8.17. The van der Waals surface area contributed by atoms with Gasteiger partial charge in [-0.1, -0.05) is 52.3 Å². The van der Waals surface area contributed by atoms with E-state index in [4.69, 9.17) is 18.0 Å². The van der Waals surface area contributed by atoms with E-state index in [-0.39, 0.29) is 5.91 Å². The largest absolute Gasteiger partial charge is 0.392 e. The number of hydrogen-bond acceptors (Lipinski definition) is 2. The van der Waals surface area contributed by atoms with Crippen molar-refractivity contribution in [2.45, 2.75) is 65.7 Å². The molecular weight excluding hydrogens is 268 g/mol. The number of likely N-dealkylation sites (tertiary alicyclic amines) is 1. The molecule has 0 aromatic carbocycles. The Balaban J connectivity index is 2.85. The molecule has 116 valence electrons. The standard InChI is InChI=1S/C16H30N2OS/c1-4-9-16(10-5-2,14(17)20)15(19)18-11-7-13(6-3)8-12-18/h13H,4-12H2,1-3H3,(H2,17,20). The van der Waals surface area contributed by atoms with E-state index in [2.05, 4.69) is 20.8 Å². The van der Waals surface area contributed by atoms with Crippen molar-refractivity contribution in [2.75, 3.05) is 13.1 Å². The number of amides is 1. The number of carbonyl (C=O) groups is 1. The maximum Gasteiger partial charge on any atom is 0.235 e. The maximum absolute atomic E-state index is 13.0. The van der Waals surface area contributed by atoms with Gasteiger partial charge in [-0.25, -0.2) is 0 Å². The summed E-state index contributed by atoms with van der Waals surface area (Å²) in [5.41, 5.74) is 5.39. The molecule has 20 heavy (non-hydrogen) atoms. The van der Waals surface area contributed by atoms with Crippen molar-refractivity contribution in [1.82, 2.24) is 4.90 Å². The highest BCUT2D eigenvalue weighted by Crippen LogP contribution is 2.34. The lowest BCUT2D eigenvalue weighted by atomic mass is 9.77. The van der Waals surface area contributed by atoms with Crippen LogP contribution >= 0.6 is 12.2 Å². The second kappa shape index (κ2) is 7.96. The van der Waals surface area contributed by atoms with Crippen LogP contribution in [0.25, 0.3) is 0 Å². The zero-order chi connectivity index (χ0) is 15.2. The Morgan fingerprint density at radius 1 is 1.20 bits per heavy atom. The van der Waals surface area contributed by atoms with Gasteiger partial charge in [0.1, 0.15) is 0 Å². The molecule has 0 spiro atoms. The first-order valence-corrected chi connectivity index (χ1v) is 8.51. The molecule has 4 heteroatoms. The Morgan fingerprint density at radius 2 is 1.70 bits per heavy atom. The highest BCUT2D eigenvalue weighted by atomic mass is 32.1. The number of piperidine rings is 1. The van der Waals surface area contributed by atoms with Crippen LogP contribution in [0.2, 0.25) is 0 Å².